The Balaban J connectivity index is 2.00. The molecule has 2 aromatic rings. The number of amides is 2. The molecular weight excluding hydrogens is 337 g/mol. The molecular formula is C17H13Cl2NO3. The molecule has 1 aliphatic heterocycles. The topological polar surface area (TPSA) is 46.6 Å². The lowest BCUT2D eigenvalue weighted by Crippen LogP contribution is -2.41. The summed E-state index contributed by atoms with van der Waals surface area (Å²) in [5.74, 6) is -0.402. The summed E-state index contributed by atoms with van der Waals surface area (Å²) in [5, 5.41) is 0.901. The summed E-state index contributed by atoms with van der Waals surface area (Å²) in [6.45, 7) is 1.68. The molecule has 1 heterocycles. The summed E-state index contributed by atoms with van der Waals surface area (Å²) in [4.78, 5) is 26.4. The Labute approximate surface area is 143 Å². The molecule has 0 radical (unpaired) electrons. The van der Waals surface area contributed by atoms with E-state index in [0.29, 0.717) is 26.9 Å². The lowest BCUT2D eigenvalue weighted by molar-refractivity contribution is -0.135. The number of benzene rings is 2. The maximum atomic E-state index is 12.7. The molecule has 6 heteroatoms. The van der Waals surface area contributed by atoms with Crippen LogP contribution in [-0.2, 0) is 11.3 Å². The Morgan fingerprint density at radius 2 is 1.87 bits per heavy atom. The van der Waals surface area contributed by atoms with Crippen molar-refractivity contribution in [3.63, 3.8) is 0 Å². The van der Waals surface area contributed by atoms with Gasteiger partial charge in [-0.3, -0.25) is 14.5 Å². The molecule has 0 spiro atoms. The van der Waals surface area contributed by atoms with Gasteiger partial charge < -0.3 is 4.74 Å². The van der Waals surface area contributed by atoms with Crippen molar-refractivity contribution < 1.29 is 14.3 Å². The molecule has 0 saturated carbocycles. The van der Waals surface area contributed by atoms with Crippen molar-refractivity contribution in [2.45, 2.75) is 19.6 Å². The molecule has 0 aromatic heterocycles. The monoisotopic (exact) mass is 349 g/mol. The van der Waals surface area contributed by atoms with Crippen LogP contribution in [0.4, 0.5) is 0 Å². The standard InChI is InChI=1S/C17H13Cl2NO3/c1-10-16(21)20(9-11-6-7-12(18)8-14(11)19)17(22)13-4-2-3-5-15(13)23-10/h2-8,10H,9H2,1H3/t10-/m0/s1. The lowest BCUT2D eigenvalue weighted by atomic mass is 10.1. The SMILES string of the molecule is C[C@@H]1Oc2ccccc2C(=O)N(Cc2ccc(Cl)cc2Cl)C1=O. The number of imide groups is 1. The number of carbonyl (C=O) groups is 2. The number of fused-ring (bicyclic) bond motifs is 1. The molecule has 0 saturated heterocycles. The van der Waals surface area contributed by atoms with Crippen LogP contribution in [0.25, 0.3) is 0 Å². The highest BCUT2D eigenvalue weighted by atomic mass is 35.5. The van der Waals surface area contributed by atoms with Crippen molar-refractivity contribution >= 4 is 35.0 Å². The number of para-hydroxylation sites is 1. The van der Waals surface area contributed by atoms with Gasteiger partial charge in [-0.1, -0.05) is 41.4 Å². The Bertz CT molecular complexity index is 791. The Kier molecular flexibility index (Phi) is 4.28. The average Bonchev–Trinajstić information content (AvgIpc) is 2.61. The molecule has 2 aromatic carbocycles. The summed E-state index contributed by atoms with van der Waals surface area (Å²) >= 11 is 12.0. The molecule has 0 aliphatic carbocycles. The van der Waals surface area contributed by atoms with Crippen LogP contribution in [0.1, 0.15) is 22.8 Å². The molecule has 2 amide bonds. The first-order valence-corrected chi connectivity index (χ1v) is 7.78. The van der Waals surface area contributed by atoms with Crippen LogP contribution < -0.4 is 4.74 Å². The number of carbonyl (C=O) groups excluding carboxylic acids is 2. The fourth-order valence-electron chi connectivity index (χ4n) is 2.42. The zero-order valence-electron chi connectivity index (χ0n) is 12.3. The summed E-state index contributed by atoms with van der Waals surface area (Å²) in [5.41, 5.74) is 1.000. The molecule has 0 bridgehead atoms. The van der Waals surface area contributed by atoms with Crippen LogP contribution in [-0.4, -0.2) is 22.8 Å². The molecule has 23 heavy (non-hydrogen) atoms. The predicted octanol–water partition coefficient (Wildman–Crippen LogP) is 3.94. The molecule has 0 fully saturated rings. The molecule has 0 unspecified atom stereocenters. The van der Waals surface area contributed by atoms with Crippen molar-refractivity contribution in [3.05, 3.63) is 63.6 Å². The van der Waals surface area contributed by atoms with Gasteiger partial charge in [-0.05, 0) is 36.8 Å². The minimum atomic E-state index is -0.756. The number of hydrogen-bond donors (Lipinski definition) is 0. The highest BCUT2D eigenvalue weighted by Crippen LogP contribution is 2.28. The number of ether oxygens (including phenoxy) is 1. The molecule has 118 valence electrons. The number of rotatable bonds is 2. The highest BCUT2D eigenvalue weighted by Gasteiger charge is 2.34. The van der Waals surface area contributed by atoms with Gasteiger partial charge in [0.2, 0.25) is 0 Å². The van der Waals surface area contributed by atoms with Gasteiger partial charge in [0.1, 0.15) is 5.75 Å². The van der Waals surface area contributed by atoms with Crippen molar-refractivity contribution in [2.75, 3.05) is 0 Å². The van der Waals surface area contributed by atoms with Gasteiger partial charge in [0.15, 0.2) is 6.10 Å². The first kappa shape index (κ1) is 15.8. The average molecular weight is 350 g/mol. The molecule has 0 N–H and O–H groups in total. The zero-order valence-corrected chi connectivity index (χ0v) is 13.8. The van der Waals surface area contributed by atoms with E-state index in [0.717, 1.165) is 4.90 Å². The van der Waals surface area contributed by atoms with Crippen molar-refractivity contribution in [1.82, 2.24) is 4.90 Å². The van der Waals surface area contributed by atoms with E-state index >= 15 is 0 Å². The number of nitrogens with zero attached hydrogens (tertiary/aromatic N) is 1. The van der Waals surface area contributed by atoms with Crippen molar-refractivity contribution in [3.8, 4) is 5.75 Å². The fraction of sp³-hybridized carbons (Fsp3) is 0.176. The lowest BCUT2D eigenvalue weighted by Gasteiger charge is -2.21. The van der Waals surface area contributed by atoms with Gasteiger partial charge in [0.05, 0.1) is 12.1 Å². The van der Waals surface area contributed by atoms with E-state index in [1.165, 1.54) is 0 Å². The van der Waals surface area contributed by atoms with Gasteiger partial charge in [-0.25, -0.2) is 0 Å². The Hall–Kier alpha value is -2.04. The first-order valence-electron chi connectivity index (χ1n) is 7.02. The van der Waals surface area contributed by atoms with Crippen LogP contribution >= 0.6 is 23.2 Å². The second-order valence-electron chi connectivity index (χ2n) is 5.22. The van der Waals surface area contributed by atoms with Crippen LogP contribution in [0.3, 0.4) is 0 Å². The van der Waals surface area contributed by atoms with Gasteiger partial charge in [0, 0.05) is 10.0 Å². The maximum Gasteiger partial charge on any atom is 0.270 e. The Morgan fingerprint density at radius 1 is 1.13 bits per heavy atom. The van der Waals surface area contributed by atoms with Crippen LogP contribution in [0.5, 0.6) is 5.75 Å². The first-order chi connectivity index (χ1) is 11.0. The molecule has 4 nitrogen and oxygen atoms in total. The third-order valence-corrected chi connectivity index (χ3v) is 4.21. The van der Waals surface area contributed by atoms with Gasteiger partial charge in [-0.2, -0.15) is 0 Å². The van der Waals surface area contributed by atoms with E-state index in [1.54, 1.807) is 49.4 Å². The minimum Gasteiger partial charge on any atom is -0.480 e. The van der Waals surface area contributed by atoms with E-state index in [-0.39, 0.29) is 6.54 Å². The van der Waals surface area contributed by atoms with E-state index in [4.69, 9.17) is 27.9 Å². The van der Waals surface area contributed by atoms with E-state index in [9.17, 15) is 9.59 Å². The summed E-state index contributed by atoms with van der Waals surface area (Å²) < 4.78 is 5.59. The second-order valence-corrected chi connectivity index (χ2v) is 6.07. The highest BCUT2D eigenvalue weighted by molar-refractivity contribution is 6.35. The van der Waals surface area contributed by atoms with Crippen molar-refractivity contribution in [2.24, 2.45) is 0 Å². The van der Waals surface area contributed by atoms with Crippen LogP contribution in [0.2, 0.25) is 10.0 Å². The molecule has 1 aliphatic rings. The minimum absolute atomic E-state index is 0.0652. The molecule has 3 rings (SSSR count). The largest absolute Gasteiger partial charge is 0.480 e. The predicted molar refractivity (Wildman–Crippen MR) is 87.9 cm³/mol. The van der Waals surface area contributed by atoms with E-state index < -0.39 is 17.9 Å². The third kappa shape index (κ3) is 3.05. The van der Waals surface area contributed by atoms with E-state index in [2.05, 4.69) is 0 Å². The quantitative estimate of drug-likeness (QED) is 0.771. The summed E-state index contributed by atoms with van der Waals surface area (Å²) in [6, 6.07) is 11.8. The van der Waals surface area contributed by atoms with E-state index in [1.807, 2.05) is 0 Å². The Morgan fingerprint density at radius 3 is 2.61 bits per heavy atom. The van der Waals surface area contributed by atoms with Gasteiger partial charge >= 0.3 is 0 Å². The van der Waals surface area contributed by atoms with Crippen molar-refractivity contribution in [1.29, 1.82) is 0 Å². The van der Waals surface area contributed by atoms with Crippen LogP contribution in [0.15, 0.2) is 42.5 Å². The van der Waals surface area contributed by atoms with Gasteiger partial charge in [0.25, 0.3) is 11.8 Å². The normalized spacial score (nSPS) is 17.5. The number of hydrogen-bond acceptors (Lipinski definition) is 3. The zero-order chi connectivity index (χ0) is 16.6. The number of halogens is 2. The summed E-state index contributed by atoms with van der Waals surface area (Å²) in [6.07, 6.45) is -0.756. The third-order valence-electron chi connectivity index (χ3n) is 3.62. The smallest absolute Gasteiger partial charge is 0.270 e. The maximum absolute atomic E-state index is 12.7. The fourth-order valence-corrected chi connectivity index (χ4v) is 2.89. The summed E-state index contributed by atoms with van der Waals surface area (Å²) in [7, 11) is 0. The van der Waals surface area contributed by atoms with Gasteiger partial charge in [-0.15, -0.1) is 0 Å². The second kappa shape index (κ2) is 6.22. The molecule has 1 atom stereocenters. The van der Waals surface area contributed by atoms with Crippen LogP contribution in [0, 0.1) is 0 Å².